The number of benzene rings is 2. The van der Waals surface area contributed by atoms with E-state index in [9.17, 15) is 4.79 Å². The van der Waals surface area contributed by atoms with Crippen molar-refractivity contribution in [2.45, 2.75) is 4.90 Å². The molecule has 1 N–H and O–H groups in total. The van der Waals surface area contributed by atoms with Crippen molar-refractivity contribution in [3.05, 3.63) is 53.6 Å². The summed E-state index contributed by atoms with van der Waals surface area (Å²) in [6, 6.07) is 15.1. The third-order valence-corrected chi connectivity index (χ3v) is 3.47. The lowest BCUT2D eigenvalue weighted by molar-refractivity contribution is 0.112. The van der Waals surface area contributed by atoms with Gasteiger partial charge in [-0.15, -0.1) is 0 Å². The molecule has 0 radical (unpaired) electrons. The molecule has 0 aromatic heterocycles. The van der Waals surface area contributed by atoms with E-state index in [4.69, 9.17) is 5.26 Å². The van der Waals surface area contributed by atoms with E-state index >= 15 is 0 Å². The fourth-order valence-electron chi connectivity index (χ4n) is 1.79. The van der Waals surface area contributed by atoms with Crippen molar-refractivity contribution >= 4 is 18.2 Å². The molecule has 4 heteroatoms. The minimum atomic E-state index is 0.610. The first-order valence-electron chi connectivity index (χ1n) is 5.72. The second kappa shape index (κ2) is 6.19. The Kier molecular flexibility index (Phi) is 4.35. The fourth-order valence-corrected chi connectivity index (χ4v) is 2.37. The van der Waals surface area contributed by atoms with Gasteiger partial charge in [0.25, 0.3) is 0 Å². The molecule has 2 aromatic rings. The summed E-state index contributed by atoms with van der Waals surface area (Å²) < 4.78 is 2.95. The molecule has 2 rings (SSSR count). The van der Waals surface area contributed by atoms with Crippen LogP contribution in [-0.2, 0) is 0 Å². The van der Waals surface area contributed by atoms with Gasteiger partial charge < -0.3 is 0 Å². The van der Waals surface area contributed by atoms with Crippen molar-refractivity contribution in [3.63, 3.8) is 0 Å². The molecule has 0 aliphatic carbocycles. The molecule has 0 amide bonds. The molecule has 3 nitrogen and oxygen atoms in total. The summed E-state index contributed by atoms with van der Waals surface area (Å²) >= 11 is 1.40. The summed E-state index contributed by atoms with van der Waals surface area (Å²) in [5.74, 6) is 0. The Morgan fingerprint density at radius 1 is 1.21 bits per heavy atom. The summed E-state index contributed by atoms with van der Waals surface area (Å²) in [5.41, 5.74) is 3.11. The van der Waals surface area contributed by atoms with Crippen LogP contribution in [0, 0.1) is 11.3 Å². The summed E-state index contributed by atoms with van der Waals surface area (Å²) in [4.78, 5) is 12.0. The zero-order valence-electron chi connectivity index (χ0n) is 10.4. The van der Waals surface area contributed by atoms with E-state index in [-0.39, 0.29) is 0 Å². The Morgan fingerprint density at radius 3 is 2.68 bits per heavy atom. The lowest BCUT2D eigenvalue weighted by Crippen LogP contribution is -1.95. The second-order valence-electron chi connectivity index (χ2n) is 3.87. The molecule has 0 unspecified atom stereocenters. The van der Waals surface area contributed by atoms with Gasteiger partial charge in [0.05, 0.1) is 11.6 Å². The molecule has 0 aliphatic rings. The van der Waals surface area contributed by atoms with Gasteiger partial charge in [-0.25, -0.2) is 0 Å². The van der Waals surface area contributed by atoms with E-state index in [1.807, 2.05) is 43.4 Å². The Hall–Kier alpha value is -2.09. The van der Waals surface area contributed by atoms with Crippen LogP contribution in [0.2, 0.25) is 0 Å². The van der Waals surface area contributed by atoms with Gasteiger partial charge in [-0.1, -0.05) is 18.2 Å². The average Bonchev–Trinajstić information content (AvgIpc) is 2.48. The molecule has 0 heterocycles. The highest BCUT2D eigenvalue weighted by Crippen LogP contribution is 2.26. The van der Waals surface area contributed by atoms with Gasteiger partial charge in [0.2, 0.25) is 0 Å². The number of carbonyl (C=O) groups excluding carboxylic acids is 1. The summed E-state index contributed by atoms with van der Waals surface area (Å²) in [7, 11) is 1.81. The van der Waals surface area contributed by atoms with Crippen LogP contribution >= 0.6 is 11.9 Å². The first-order chi connectivity index (χ1) is 9.28. The molecular formula is C15H12N2OS. The fraction of sp³-hybridized carbons (Fsp3) is 0.0667. The van der Waals surface area contributed by atoms with Gasteiger partial charge in [0.15, 0.2) is 6.29 Å². The first-order valence-corrected chi connectivity index (χ1v) is 6.53. The number of rotatable bonds is 4. The summed E-state index contributed by atoms with van der Waals surface area (Å²) in [5, 5.41) is 8.91. The number of aldehydes is 1. The van der Waals surface area contributed by atoms with Gasteiger partial charge in [0, 0.05) is 10.5 Å². The lowest BCUT2D eigenvalue weighted by Gasteiger charge is -2.07. The van der Waals surface area contributed by atoms with Crippen LogP contribution < -0.4 is 4.72 Å². The zero-order valence-corrected chi connectivity index (χ0v) is 11.2. The molecule has 0 atom stereocenters. The number of carbonyl (C=O) groups is 1. The maximum atomic E-state index is 11.1. The van der Waals surface area contributed by atoms with Crippen LogP contribution in [0.25, 0.3) is 11.1 Å². The lowest BCUT2D eigenvalue weighted by atomic mass is 10.0. The highest BCUT2D eigenvalue weighted by Gasteiger charge is 2.05. The van der Waals surface area contributed by atoms with Crippen molar-refractivity contribution in [3.8, 4) is 17.2 Å². The maximum absolute atomic E-state index is 11.1. The van der Waals surface area contributed by atoms with E-state index in [0.717, 1.165) is 22.3 Å². The number of hydrogen-bond acceptors (Lipinski definition) is 4. The van der Waals surface area contributed by atoms with Crippen molar-refractivity contribution < 1.29 is 4.79 Å². The Balaban J connectivity index is 2.45. The van der Waals surface area contributed by atoms with Crippen LogP contribution in [0.4, 0.5) is 0 Å². The molecule has 2 aromatic carbocycles. The molecule has 19 heavy (non-hydrogen) atoms. The third-order valence-electron chi connectivity index (χ3n) is 2.67. The quantitative estimate of drug-likeness (QED) is 0.683. The van der Waals surface area contributed by atoms with E-state index in [1.54, 1.807) is 6.07 Å². The average molecular weight is 268 g/mol. The summed E-state index contributed by atoms with van der Waals surface area (Å²) in [6.45, 7) is 0. The number of nitrogens with one attached hydrogen (secondary N) is 1. The standard InChI is InChI=1S/C15H12N2OS/c1-17-19-15-6-5-13(8-14(15)10-18)12-4-2-3-11(7-12)9-16/h2-8,10,17H,1H3. The van der Waals surface area contributed by atoms with Crippen LogP contribution in [0.1, 0.15) is 15.9 Å². The van der Waals surface area contributed by atoms with Gasteiger partial charge >= 0.3 is 0 Å². The van der Waals surface area contributed by atoms with Crippen LogP contribution in [0.15, 0.2) is 47.4 Å². The molecule has 0 aliphatic heterocycles. The van der Waals surface area contributed by atoms with Gasteiger partial charge in [-0.2, -0.15) is 5.26 Å². The molecule has 0 bridgehead atoms. The predicted octanol–water partition coefficient (Wildman–Crippen LogP) is 3.26. The maximum Gasteiger partial charge on any atom is 0.151 e. The van der Waals surface area contributed by atoms with Crippen molar-refractivity contribution in [1.29, 1.82) is 5.26 Å². The van der Waals surface area contributed by atoms with Gasteiger partial charge in [-0.05, 0) is 54.4 Å². The monoisotopic (exact) mass is 268 g/mol. The highest BCUT2D eigenvalue weighted by atomic mass is 32.2. The number of nitriles is 1. The number of hydrogen-bond donors (Lipinski definition) is 1. The first kappa shape index (κ1) is 13.3. The number of nitrogens with zero attached hydrogens (tertiary/aromatic N) is 1. The normalized spacial score (nSPS) is 9.89. The molecule has 0 saturated heterocycles. The van der Waals surface area contributed by atoms with Crippen molar-refractivity contribution in [2.24, 2.45) is 0 Å². The van der Waals surface area contributed by atoms with Crippen LogP contribution in [0.3, 0.4) is 0 Å². The SMILES string of the molecule is CNSc1ccc(-c2cccc(C#N)c2)cc1C=O. The van der Waals surface area contributed by atoms with Gasteiger partial charge in [0.1, 0.15) is 0 Å². The molecular weight excluding hydrogens is 256 g/mol. The van der Waals surface area contributed by atoms with E-state index in [2.05, 4.69) is 10.8 Å². The third kappa shape index (κ3) is 3.02. The van der Waals surface area contributed by atoms with E-state index < -0.39 is 0 Å². The Morgan fingerprint density at radius 2 is 2.00 bits per heavy atom. The predicted molar refractivity (Wildman–Crippen MR) is 76.9 cm³/mol. The van der Waals surface area contributed by atoms with Crippen LogP contribution in [-0.4, -0.2) is 13.3 Å². The zero-order chi connectivity index (χ0) is 13.7. The van der Waals surface area contributed by atoms with Crippen molar-refractivity contribution in [1.82, 2.24) is 4.72 Å². The summed E-state index contributed by atoms with van der Waals surface area (Å²) in [6.07, 6.45) is 0.845. The Bertz CT molecular complexity index is 647. The van der Waals surface area contributed by atoms with E-state index in [1.165, 1.54) is 11.9 Å². The molecule has 0 saturated carbocycles. The Labute approximate surface area is 116 Å². The molecule has 94 valence electrons. The topological polar surface area (TPSA) is 52.9 Å². The van der Waals surface area contributed by atoms with Gasteiger partial charge in [-0.3, -0.25) is 9.52 Å². The van der Waals surface area contributed by atoms with Crippen molar-refractivity contribution in [2.75, 3.05) is 7.05 Å². The second-order valence-corrected chi connectivity index (χ2v) is 4.92. The van der Waals surface area contributed by atoms with Crippen LogP contribution in [0.5, 0.6) is 0 Å². The minimum Gasteiger partial charge on any atom is -0.298 e. The van der Waals surface area contributed by atoms with E-state index in [0.29, 0.717) is 11.1 Å². The molecule has 0 spiro atoms. The highest BCUT2D eigenvalue weighted by molar-refractivity contribution is 7.97. The largest absolute Gasteiger partial charge is 0.298 e. The smallest absolute Gasteiger partial charge is 0.151 e. The minimum absolute atomic E-state index is 0.610. The molecule has 0 fully saturated rings.